The fraction of sp³-hybridized carbons (Fsp3) is 0.176. The summed E-state index contributed by atoms with van der Waals surface area (Å²) in [4.78, 5) is 16.1. The molecule has 0 aliphatic heterocycles. The zero-order valence-electron chi connectivity index (χ0n) is 12.9. The highest BCUT2D eigenvalue weighted by Gasteiger charge is 2.21. The average molecular weight is 412 g/mol. The fourth-order valence-electron chi connectivity index (χ4n) is 2.32. The van der Waals surface area contributed by atoms with E-state index in [0.717, 1.165) is 16.6 Å². The lowest BCUT2D eigenvalue weighted by atomic mass is 10.1. The molecule has 0 saturated heterocycles. The first-order valence-electron chi connectivity index (χ1n) is 7.21. The Balaban J connectivity index is 0.00000208. The maximum Gasteiger partial charge on any atom is 0.374 e. The number of carbonyl (C=O) groups excluding carboxylic acids is 1. The number of rotatable bonds is 5. The van der Waals surface area contributed by atoms with Gasteiger partial charge in [0.1, 0.15) is 5.58 Å². The Morgan fingerprint density at radius 2 is 2.04 bits per heavy atom. The predicted octanol–water partition coefficient (Wildman–Crippen LogP) is 4.85. The highest BCUT2D eigenvalue weighted by molar-refractivity contribution is 8.93. The van der Waals surface area contributed by atoms with Crippen LogP contribution in [0.15, 0.2) is 47.1 Å². The second-order valence-electron chi connectivity index (χ2n) is 4.86. The van der Waals surface area contributed by atoms with Crippen LogP contribution in [0.5, 0.6) is 0 Å². The largest absolute Gasteiger partial charge is 0.460 e. The zero-order chi connectivity index (χ0) is 16.2. The lowest BCUT2D eigenvalue weighted by Gasteiger charge is -2.06. The number of pyridine rings is 1. The van der Waals surface area contributed by atoms with E-state index in [1.165, 1.54) is 0 Å². The van der Waals surface area contributed by atoms with Crippen molar-refractivity contribution < 1.29 is 13.9 Å². The molecule has 0 fully saturated rings. The van der Waals surface area contributed by atoms with E-state index in [0.29, 0.717) is 17.2 Å². The van der Waals surface area contributed by atoms with Gasteiger partial charge >= 0.3 is 5.97 Å². The minimum absolute atomic E-state index is 0. The Bertz CT molecular complexity index is 836. The van der Waals surface area contributed by atoms with Crippen molar-refractivity contribution in [2.24, 2.45) is 0 Å². The van der Waals surface area contributed by atoms with Gasteiger partial charge in [0.2, 0.25) is 5.76 Å². The van der Waals surface area contributed by atoms with Crippen molar-refractivity contribution in [3.05, 3.63) is 59.1 Å². The van der Waals surface area contributed by atoms with Crippen LogP contribution in [-0.4, -0.2) is 17.6 Å². The third-order valence-electron chi connectivity index (χ3n) is 3.36. The SMILES string of the molecule is Br.CCOC(=O)c1oc2ccc(Cl)cc2c1CNc1ccncc1. The molecule has 3 aromatic rings. The van der Waals surface area contributed by atoms with E-state index in [9.17, 15) is 4.79 Å². The number of aromatic nitrogens is 1. The molecule has 24 heavy (non-hydrogen) atoms. The van der Waals surface area contributed by atoms with Crippen LogP contribution in [-0.2, 0) is 11.3 Å². The van der Waals surface area contributed by atoms with Crippen LogP contribution in [0.4, 0.5) is 5.69 Å². The summed E-state index contributed by atoms with van der Waals surface area (Å²) in [7, 11) is 0. The van der Waals surface area contributed by atoms with Crippen molar-refractivity contribution in [3.63, 3.8) is 0 Å². The van der Waals surface area contributed by atoms with E-state index < -0.39 is 5.97 Å². The maximum atomic E-state index is 12.1. The van der Waals surface area contributed by atoms with Gasteiger partial charge in [-0.2, -0.15) is 0 Å². The van der Waals surface area contributed by atoms with Gasteiger partial charge in [0.25, 0.3) is 0 Å². The first kappa shape index (κ1) is 18.3. The van der Waals surface area contributed by atoms with Crippen LogP contribution in [0.2, 0.25) is 5.02 Å². The molecule has 0 atom stereocenters. The molecule has 0 bridgehead atoms. The van der Waals surface area contributed by atoms with Crippen molar-refractivity contribution in [2.45, 2.75) is 13.5 Å². The van der Waals surface area contributed by atoms with Crippen molar-refractivity contribution >= 4 is 51.2 Å². The Morgan fingerprint density at radius 3 is 2.75 bits per heavy atom. The molecular formula is C17H16BrClN2O3. The predicted molar refractivity (Wildman–Crippen MR) is 99.1 cm³/mol. The number of fused-ring (bicyclic) bond motifs is 1. The summed E-state index contributed by atoms with van der Waals surface area (Å²) in [6.45, 7) is 2.45. The fourth-order valence-corrected chi connectivity index (χ4v) is 2.49. The number of esters is 1. The molecule has 1 aromatic carbocycles. The molecule has 0 aliphatic carbocycles. The minimum Gasteiger partial charge on any atom is -0.460 e. The highest BCUT2D eigenvalue weighted by Crippen LogP contribution is 2.29. The van der Waals surface area contributed by atoms with E-state index in [1.54, 1.807) is 37.5 Å². The summed E-state index contributed by atoms with van der Waals surface area (Å²) in [5, 5.41) is 4.62. The molecule has 2 heterocycles. The number of hydrogen-bond donors (Lipinski definition) is 1. The molecule has 7 heteroatoms. The Kier molecular flexibility index (Phi) is 6.23. The molecule has 126 valence electrons. The highest BCUT2D eigenvalue weighted by atomic mass is 79.9. The zero-order valence-corrected chi connectivity index (χ0v) is 15.4. The van der Waals surface area contributed by atoms with Gasteiger partial charge in [-0.25, -0.2) is 4.79 Å². The van der Waals surface area contributed by atoms with Crippen LogP contribution >= 0.6 is 28.6 Å². The molecule has 3 rings (SSSR count). The number of ether oxygens (including phenoxy) is 1. The maximum absolute atomic E-state index is 12.1. The van der Waals surface area contributed by atoms with E-state index in [2.05, 4.69) is 10.3 Å². The van der Waals surface area contributed by atoms with Gasteiger partial charge in [-0.1, -0.05) is 11.6 Å². The van der Waals surface area contributed by atoms with Crippen LogP contribution in [0.3, 0.4) is 0 Å². The van der Waals surface area contributed by atoms with Crippen molar-refractivity contribution in [2.75, 3.05) is 11.9 Å². The quantitative estimate of drug-likeness (QED) is 0.608. The summed E-state index contributed by atoms with van der Waals surface area (Å²) in [5.74, 6) is -0.281. The molecule has 0 amide bonds. The topological polar surface area (TPSA) is 64.4 Å². The monoisotopic (exact) mass is 410 g/mol. The number of anilines is 1. The molecule has 5 nitrogen and oxygen atoms in total. The number of nitrogens with one attached hydrogen (secondary N) is 1. The van der Waals surface area contributed by atoms with Crippen molar-refractivity contribution in [1.82, 2.24) is 4.98 Å². The normalized spacial score (nSPS) is 10.2. The summed E-state index contributed by atoms with van der Waals surface area (Å²) in [5.41, 5.74) is 2.22. The first-order chi connectivity index (χ1) is 11.2. The van der Waals surface area contributed by atoms with E-state index in [-0.39, 0.29) is 29.3 Å². The summed E-state index contributed by atoms with van der Waals surface area (Å²) >= 11 is 6.07. The Morgan fingerprint density at radius 1 is 1.29 bits per heavy atom. The average Bonchev–Trinajstić information content (AvgIpc) is 2.92. The third kappa shape index (κ3) is 3.88. The molecule has 0 radical (unpaired) electrons. The van der Waals surface area contributed by atoms with E-state index in [4.69, 9.17) is 20.8 Å². The molecule has 0 spiro atoms. The molecular weight excluding hydrogens is 396 g/mol. The van der Waals surface area contributed by atoms with Gasteiger partial charge in [-0.05, 0) is 37.3 Å². The number of hydrogen-bond acceptors (Lipinski definition) is 5. The standard InChI is InChI=1S/C17H15ClN2O3.BrH/c1-2-22-17(21)16-14(10-20-12-5-7-19-8-6-12)13-9-11(18)3-4-15(13)23-16;/h3-9H,2,10H2,1H3,(H,19,20);1H. The van der Waals surface area contributed by atoms with E-state index in [1.807, 2.05) is 12.1 Å². The van der Waals surface area contributed by atoms with Crippen molar-refractivity contribution in [3.8, 4) is 0 Å². The lowest BCUT2D eigenvalue weighted by Crippen LogP contribution is -2.09. The van der Waals surface area contributed by atoms with Gasteiger partial charge in [0, 0.05) is 40.6 Å². The minimum atomic E-state index is -0.480. The second kappa shape index (κ2) is 8.17. The number of furan rings is 1. The summed E-state index contributed by atoms with van der Waals surface area (Å²) in [6, 6.07) is 8.95. The number of halogens is 2. The lowest BCUT2D eigenvalue weighted by molar-refractivity contribution is 0.0491. The van der Waals surface area contributed by atoms with Gasteiger partial charge in [-0.3, -0.25) is 4.98 Å². The molecule has 1 N–H and O–H groups in total. The number of carbonyl (C=O) groups is 1. The van der Waals surface area contributed by atoms with Crippen LogP contribution in [0.1, 0.15) is 23.0 Å². The third-order valence-corrected chi connectivity index (χ3v) is 3.60. The van der Waals surface area contributed by atoms with Gasteiger partial charge in [0.15, 0.2) is 0 Å². The number of nitrogens with zero attached hydrogens (tertiary/aromatic N) is 1. The van der Waals surface area contributed by atoms with Crippen molar-refractivity contribution in [1.29, 1.82) is 0 Å². The smallest absolute Gasteiger partial charge is 0.374 e. The molecule has 0 saturated carbocycles. The van der Waals surface area contributed by atoms with Gasteiger partial charge < -0.3 is 14.5 Å². The molecule has 0 unspecified atom stereocenters. The Labute approximate surface area is 154 Å². The summed E-state index contributed by atoms with van der Waals surface area (Å²) < 4.78 is 10.7. The second-order valence-corrected chi connectivity index (χ2v) is 5.30. The van der Waals surface area contributed by atoms with Crippen LogP contribution in [0, 0.1) is 0 Å². The molecule has 2 aromatic heterocycles. The van der Waals surface area contributed by atoms with Gasteiger partial charge in [0.05, 0.1) is 6.61 Å². The molecule has 0 aliphatic rings. The Hall–Kier alpha value is -2.05. The van der Waals surface area contributed by atoms with E-state index >= 15 is 0 Å². The number of benzene rings is 1. The van der Waals surface area contributed by atoms with Gasteiger partial charge in [-0.15, -0.1) is 17.0 Å². The first-order valence-corrected chi connectivity index (χ1v) is 7.58. The summed E-state index contributed by atoms with van der Waals surface area (Å²) in [6.07, 6.45) is 3.39. The van der Waals surface area contributed by atoms with Crippen LogP contribution < -0.4 is 5.32 Å². The van der Waals surface area contributed by atoms with Crippen LogP contribution in [0.25, 0.3) is 11.0 Å².